The van der Waals surface area contributed by atoms with E-state index in [-0.39, 0.29) is 17.2 Å². The quantitative estimate of drug-likeness (QED) is 0.599. The summed E-state index contributed by atoms with van der Waals surface area (Å²) in [6, 6.07) is 8.35. The fourth-order valence-electron chi connectivity index (χ4n) is 3.22. The lowest BCUT2D eigenvalue weighted by Crippen LogP contribution is -2.33. The number of hydrogen-bond donors (Lipinski definition) is 2. The number of hydrogen-bond acceptors (Lipinski definition) is 6. The Kier molecular flexibility index (Phi) is 6.08. The number of aromatic nitrogens is 3. The van der Waals surface area contributed by atoms with Crippen LogP contribution in [0.1, 0.15) is 11.6 Å². The minimum absolute atomic E-state index is 0.0175. The summed E-state index contributed by atoms with van der Waals surface area (Å²) in [5.74, 6) is 0.328. The highest BCUT2D eigenvalue weighted by atomic mass is 35.5. The maximum atomic E-state index is 13.8. The molecule has 3 aromatic rings. The van der Waals surface area contributed by atoms with Crippen LogP contribution in [0.25, 0.3) is 11.3 Å². The molecular formula is C21H20ClFN4O3. The number of ether oxygens (including phenoxy) is 1. The van der Waals surface area contributed by atoms with Gasteiger partial charge in [-0.25, -0.2) is 14.4 Å². The van der Waals surface area contributed by atoms with Gasteiger partial charge in [0.15, 0.2) is 0 Å². The molecule has 4 rings (SSSR count). The number of rotatable bonds is 7. The van der Waals surface area contributed by atoms with Crippen LogP contribution in [0.2, 0.25) is 5.02 Å². The van der Waals surface area contributed by atoms with Gasteiger partial charge in [-0.1, -0.05) is 17.7 Å². The highest BCUT2D eigenvalue weighted by Crippen LogP contribution is 2.23. The number of nitrogens with zero attached hydrogens (tertiary/aromatic N) is 3. The van der Waals surface area contributed by atoms with E-state index in [1.165, 1.54) is 22.8 Å². The summed E-state index contributed by atoms with van der Waals surface area (Å²) in [7, 11) is 0. The number of pyridine rings is 1. The van der Waals surface area contributed by atoms with Gasteiger partial charge in [0.25, 0.3) is 5.56 Å². The highest BCUT2D eigenvalue weighted by Gasteiger charge is 2.19. The van der Waals surface area contributed by atoms with Gasteiger partial charge in [-0.2, -0.15) is 0 Å². The van der Waals surface area contributed by atoms with Crippen molar-refractivity contribution in [1.29, 1.82) is 0 Å². The monoisotopic (exact) mass is 430 g/mol. The topological polar surface area (TPSA) is 89.3 Å². The van der Waals surface area contributed by atoms with Gasteiger partial charge in [0.2, 0.25) is 5.95 Å². The second-order valence-corrected chi connectivity index (χ2v) is 7.49. The molecule has 7 nitrogen and oxygen atoms in total. The van der Waals surface area contributed by atoms with Gasteiger partial charge in [-0.3, -0.25) is 4.79 Å². The Morgan fingerprint density at radius 1 is 1.30 bits per heavy atom. The smallest absolute Gasteiger partial charge is 0.251 e. The lowest BCUT2D eigenvalue weighted by molar-refractivity contribution is -0.0249. The molecular weight excluding hydrogens is 411 g/mol. The summed E-state index contributed by atoms with van der Waals surface area (Å²) >= 11 is 5.73. The van der Waals surface area contributed by atoms with Crippen molar-refractivity contribution >= 4 is 17.5 Å². The number of nitrogens with one attached hydrogen (secondary N) is 1. The van der Waals surface area contributed by atoms with E-state index in [0.717, 1.165) is 19.8 Å². The zero-order valence-electron chi connectivity index (χ0n) is 16.0. The van der Waals surface area contributed by atoms with Crippen LogP contribution in [0.15, 0.2) is 53.6 Å². The van der Waals surface area contributed by atoms with Crippen molar-refractivity contribution in [3.8, 4) is 11.3 Å². The van der Waals surface area contributed by atoms with E-state index in [9.17, 15) is 14.3 Å². The zero-order chi connectivity index (χ0) is 21.1. The number of aliphatic hydroxyl groups excluding tert-OH is 1. The second kappa shape index (κ2) is 8.91. The summed E-state index contributed by atoms with van der Waals surface area (Å²) in [5, 5.41) is 13.0. The number of aliphatic hydroxyl groups is 1. The molecule has 0 aliphatic carbocycles. The molecule has 0 spiro atoms. The van der Waals surface area contributed by atoms with E-state index >= 15 is 0 Å². The van der Waals surface area contributed by atoms with Crippen LogP contribution in [-0.4, -0.2) is 46.0 Å². The van der Waals surface area contributed by atoms with Gasteiger partial charge < -0.3 is 19.7 Å². The molecule has 0 radical (unpaired) electrons. The molecule has 156 valence electrons. The molecule has 2 aromatic heterocycles. The van der Waals surface area contributed by atoms with Gasteiger partial charge in [-0.15, -0.1) is 0 Å². The molecule has 0 saturated carbocycles. The largest absolute Gasteiger partial charge is 0.394 e. The summed E-state index contributed by atoms with van der Waals surface area (Å²) in [6.07, 6.45) is 3.19. The van der Waals surface area contributed by atoms with Crippen LogP contribution in [0.4, 0.5) is 10.3 Å². The maximum absolute atomic E-state index is 13.8. The lowest BCUT2D eigenvalue weighted by Gasteiger charge is -2.25. The molecule has 3 heterocycles. The van der Waals surface area contributed by atoms with Crippen LogP contribution < -0.4 is 10.9 Å². The van der Waals surface area contributed by atoms with Crippen LogP contribution in [0.5, 0.6) is 0 Å². The van der Waals surface area contributed by atoms with Crippen molar-refractivity contribution in [3.05, 3.63) is 75.5 Å². The van der Waals surface area contributed by atoms with E-state index in [0.29, 0.717) is 28.7 Å². The lowest BCUT2D eigenvalue weighted by atomic mass is 10.1. The van der Waals surface area contributed by atoms with Gasteiger partial charge in [0.05, 0.1) is 36.6 Å². The maximum Gasteiger partial charge on any atom is 0.251 e. The van der Waals surface area contributed by atoms with Gasteiger partial charge in [0.1, 0.15) is 5.82 Å². The average Bonchev–Trinajstić information content (AvgIpc) is 2.71. The Hall–Kier alpha value is -2.81. The Labute approximate surface area is 177 Å². The minimum atomic E-state index is -0.731. The Balaban J connectivity index is 1.58. The molecule has 0 amide bonds. The molecule has 1 aliphatic heterocycles. The molecule has 30 heavy (non-hydrogen) atoms. The first kappa shape index (κ1) is 20.5. The normalized spacial score (nSPS) is 14.9. The molecule has 9 heteroatoms. The first-order chi connectivity index (χ1) is 14.5. The van der Waals surface area contributed by atoms with Crippen molar-refractivity contribution in [2.45, 2.75) is 6.04 Å². The van der Waals surface area contributed by atoms with Crippen molar-refractivity contribution in [1.82, 2.24) is 14.5 Å². The molecule has 1 aliphatic rings. The first-order valence-electron chi connectivity index (χ1n) is 9.48. The Bertz CT molecular complexity index is 1100. The third-order valence-corrected chi connectivity index (χ3v) is 5.30. The Morgan fingerprint density at radius 2 is 2.13 bits per heavy atom. The van der Waals surface area contributed by atoms with E-state index in [4.69, 9.17) is 16.3 Å². The molecule has 1 unspecified atom stereocenters. The van der Waals surface area contributed by atoms with Crippen molar-refractivity contribution < 1.29 is 14.2 Å². The van der Waals surface area contributed by atoms with Crippen LogP contribution >= 0.6 is 11.6 Å². The summed E-state index contributed by atoms with van der Waals surface area (Å²) in [4.78, 5) is 21.4. The summed E-state index contributed by atoms with van der Waals surface area (Å²) < 4.78 is 20.3. The molecule has 1 atom stereocenters. The number of anilines is 1. The van der Waals surface area contributed by atoms with E-state index in [1.807, 2.05) is 0 Å². The molecule has 1 saturated heterocycles. The first-order valence-corrected chi connectivity index (χ1v) is 9.86. The second-order valence-electron chi connectivity index (χ2n) is 7.08. The van der Waals surface area contributed by atoms with Crippen LogP contribution in [0, 0.1) is 11.7 Å². The zero-order valence-corrected chi connectivity index (χ0v) is 16.7. The standard InChI is InChI=1S/C21H20ClFN4O3/c22-16-2-1-15(7-17(16)23)19(10-28)27-6-4-14(8-20(27)29)18-3-5-24-21(26-18)25-9-13-11-30-12-13/h1-8,13,19,28H,9-12H2,(H,24,25,26). The van der Waals surface area contributed by atoms with Gasteiger partial charge >= 0.3 is 0 Å². The fraction of sp³-hybridized carbons (Fsp3) is 0.286. The van der Waals surface area contributed by atoms with Crippen molar-refractivity contribution in [2.24, 2.45) is 5.92 Å². The highest BCUT2D eigenvalue weighted by molar-refractivity contribution is 6.30. The van der Waals surface area contributed by atoms with Crippen LogP contribution in [0.3, 0.4) is 0 Å². The number of benzene rings is 1. The summed E-state index contributed by atoms with van der Waals surface area (Å²) in [6.45, 7) is 1.82. The molecule has 1 aromatic carbocycles. The van der Waals surface area contributed by atoms with E-state index < -0.39 is 11.9 Å². The van der Waals surface area contributed by atoms with Gasteiger partial charge in [0, 0.05) is 36.5 Å². The predicted molar refractivity (Wildman–Crippen MR) is 111 cm³/mol. The molecule has 0 bridgehead atoms. The van der Waals surface area contributed by atoms with Crippen molar-refractivity contribution in [2.75, 3.05) is 31.7 Å². The number of halogens is 2. The minimum Gasteiger partial charge on any atom is -0.394 e. The Morgan fingerprint density at radius 3 is 2.80 bits per heavy atom. The third-order valence-electron chi connectivity index (χ3n) is 4.99. The predicted octanol–water partition coefficient (Wildman–Crippen LogP) is 2.74. The van der Waals surface area contributed by atoms with Crippen molar-refractivity contribution in [3.63, 3.8) is 0 Å². The third kappa shape index (κ3) is 4.35. The van der Waals surface area contributed by atoms with Gasteiger partial charge in [-0.05, 0) is 29.8 Å². The average molecular weight is 431 g/mol. The fourth-order valence-corrected chi connectivity index (χ4v) is 3.34. The SMILES string of the molecule is O=c1cc(-c2ccnc(NCC3COC3)n2)ccn1C(CO)c1ccc(Cl)c(F)c1. The molecule has 2 N–H and O–H groups in total. The summed E-state index contributed by atoms with van der Waals surface area (Å²) in [5.41, 5.74) is 1.32. The molecule has 1 fully saturated rings. The van der Waals surface area contributed by atoms with E-state index in [1.54, 1.807) is 30.6 Å². The van der Waals surface area contributed by atoms with Crippen LogP contribution in [-0.2, 0) is 4.74 Å². The van der Waals surface area contributed by atoms with E-state index in [2.05, 4.69) is 15.3 Å².